The van der Waals surface area contributed by atoms with Crippen molar-refractivity contribution in [2.75, 3.05) is 6.54 Å². The number of oxazole rings is 1. The molecular formula is C20H17N3O3. The van der Waals surface area contributed by atoms with Gasteiger partial charge in [-0.3, -0.25) is 14.3 Å². The van der Waals surface area contributed by atoms with E-state index in [9.17, 15) is 9.59 Å². The van der Waals surface area contributed by atoms with Crippen LogP contribution in [0.4, 0.5) is 0 Å². The van der Waals surface area contributed by atoms with E-state index in [1.54, 1.807) is 12.3 Å². The van der Waals surface area contributed by atoms with Crippen LogP contribution in [0.15, 0.2) is 63.9 Å². The molecule has 0 saturated heterocycles. The number of carbonyl (C=O) groups is 1. The molecule has 0 aliphatic rings. The fraction of sp³-hybridized carbons (Fsp3) is 0.150. The number of benzene rings is 2. The van der Waals surface area contributed by atoms with Gasteiger partial charge in [-0.15, -0.1) is 0 Å². The third-order valence-corrected chi connectivity index (χ3v) is 4.32. The maximum absolute atomic E-state index is 12.5. The van der Waals surface area contributed by atoms with Crippen molar-refractivity contribution in [2.45, 2.75) is 13.5 Å². The van der Waals surface area contributed by atoms with Gasteiger partial charge in [0.1, 0.15) is 0 Å². The molecule has 2 aromatic heterocycles. The van der Waals surface area contributed by atoms with Crippen LogP contribution in [-0.4, -0.2) is 22.0 Å². The van der Waals surface area contributed by atoms with Crippen LogP contribution in [0, 0.1) is 6.92 Å². The third kappa shape index (κ3) is 2.86. The smallest absolute Gasteiger partial charge is 0.408 e. The number of para-hydroxylation sites is 1. The van der Waals surface area contributed by atoms with Crippen LogP contribution in [0.3, 0.4) is 0 Å². The van der Waals surface area contributed by atoms with Crippen LogP contribution in [0.2, 0.25) is 0 Å². The number of pyridine rings is 1. The van der Waals surface area contributed by atoms with E-state index in [0.29, 0.717) is 29.8 Å². The van der Waals surface area contributed by atoms with Gasteiger partial charge in [-0.1, -0.05) is 24.3 Å². The van der Waals surface area contributed by atoms with Gasteiger partial charge in [-0.2, -0.15) is 0 Å². The Morgan fingerprint density at radius 3 is 2.92 bits per heavy atom. The van der Waals surface area contributed by atoms with Gasteiger partial charge in [0.2, 0.25) is 0 Å². The number of nitrogens with one attached hydrogen (secondary N) is 1. The van der Waals surface area contributed by atoms with Gasteiger partial charge in [-0.25, -0.2) is 4.79 Å². The van der Waals surface area contributed by atoms with E-state index in [2.05, 4.69) is 10.3 Å². The minimum Gasteiger partial charge on any atom is -0.408 e. The Morgan fingerprint density at radius 1 is 1.19 bits per heavy atom. The quantitative estimate of drug-likeness (QED) is 0.616. The maximum atomic E-state index is 12.5. The zero-order valence-electron chi connectivity index (χ0n) is 14.2. The number of hydrogen-bond acceptors (Lipinski definition) is 4. The van der Waals surface area contributed by atoms with Crippen molar-refractivity contribution in [3.8, 4) is 0 Å². The molecule has 2 heterocycles. The van der Waals surface area contributed by atoms with Gasteiger partial charge >= 0.3 is 5.76 Å². The molecule has 0 spiro atoms. The first-order valence-corrected chi connectivity index (χ1v) is 8.35. The Labute approximate surface area is 149 Å². The van der Waals surface area contributed by atoms with Crippen LogP contribution < -0.4 is 11.1 Å². The molecule has 4 rings (SSSR count). The second kappa shape index (κ2) is 6.48. The molecule has 2 aromatic carbocycles. The molecule has 0 unspecified atom stereocenters. The first-order valence-electron chi connectivity index (χ1n) is 8.35. The highest BCUT2D eigenvalue weighted by Crippen LogP contribution is 2.16. The van der Waals surface area contributed by atoms with Crippen LogP contribution in [0.25, 0.3) is 22.0 Å². The van der Waals surface area contributed by atoms with Gasteiger partial charge in [0.25, 0.3) is 5.91 Å². The molecular weight excluding hydrogens is 330 g/mol. The van der Waals surface area contributed by atoms with Crippen LogP contribution in [0.5, 0.6) is 0 Å². The lowest BCUT2D eigenvalue weighted by Crippen LogP contribution is -2.29. The van der Waals surface area contributed by atoms with Crippen molar-refractivity contribution in [2.24, 2.45) is 0 Å². The molecule has 6 heteroatoms. The summed E-state index contributed by atoms with van der Waals surface area (Å²) in [5.74, 6) is -0.641. The summed E-state index contributed by atoms with van der Waals surface area (Å²) >= 11 is 0. The summed E-state index contributed by atoms with van der Waals surface area (Å²) in [5.41, 5.74) is 3.48. The standard InChI is InChI=1S/C20H17N3O3/c1-13-7-8-16-17(12-13)26-20(25)23(16)11-10-22-19(24)15-6-2-4-14-5-3-9-21-18(14)15/h2-9,12H,10-11H2,1H3,(H,22,24). The minimum absolute atomic E-state index is 0.217. The predicted octanol–water partition coefficient (Wildman–Crippen LogP) is 2.88. The average Bonchev–Trinajstić information content (AvgIpc) is 2.95. The van der Waals surface area contributed by atoms with Crippen molar-refractivity contribution < 1.29 is 9.21 Å². The molecule has 0 fully saturated rings. The molecule has 6 nitrogen and oxygen atoms in total. The number of aryl methyl sites for hydroxylation is 1. The van der Waals surface area contributed by atoms with E-state index in [1.807, 2.05) is 49.4 Å². The van der Waals surface area contributed by atoms with Crippen molar-refractivity contribution in [3.63, 3.8) is 0 Å². The zero-order valence-corrected chi connectivity index (χ0v) is 14.2. The second-order valence-electron chi connectivity index (χ2n) is 6.13. The van der Waals surface area contributed by atoms with Crippen molar-refractivity contribution in [3.05, 3.63) is 76.4 Å². The summed E-state index contributed by atoms with van der Waals surface area (Å²) in [5, 5.41) is 3.76. The Balaban J connectivity index is 1.52. The zero-order chi connectivity index (χ0) is 18.1. The molecule has 1 amide bonds. The monoisotopic (exact) mass is 347 g/mol. The van der Waals surface area contributed by atoms with E-state index in [1.165, 1.54) is 4.57 Å². The van der Waals surface area contributed by atoms with Gasteiger partial charge in [-0.05, 0) is 36.8 Å². The SMILES string of the molecule is Cc1ccc2c(c1)oc(=O)n2CCNC(=O)c1cccc2cccnc12. The molecule has 130 valence electrons. The summed E-state index contributed by atoms with van der Waals surface area (Å²) in [6, 6.07) is 14.8. The van der Waals surface area contributed by atoms with Gasteiger partial charge < -0.3 is 9.73 Å². The second-order valence-corrected chi connectivity index (χ2v) is 6.13. The van der Waals surface area contributed by atoms with Crippen LogP contribution in [-0.2, 0) is 6.54 Å². The predicted molar refractivity (Wildman–Crippen MR) is 99.3 cm³/mol. The lowest BCUT2D eigenvalue weighted by Gasteiger charge is -2.08. The molecule has 4 aromatic rings. The average molecular weight is 347 g/mol. The van der Waals surface area contributed by atoms with E-state index < -0.39 is 5.76 Å². The van der Waals surface area contributed by atoms with E-state index in [0.717, 1.165) is 16.5 Å². The van der Waals surface area contributed by atoms with Gasteiger partial charge in [0, 0.05) is 24.7 Å². The number of fused-ring (bicyclic) bond motifs is 2. The summed E-state index contributed by atoms with van der Waals surface area (Å²) in [6.07, 6.45) is 1.66. The molecule has 0 atom stereocenters. The minimum atomic E-state index is -0.424. The fourth-order valence-electron chi connectivity index (χ4n) is 3.05. The van der Waals surface area contributed by atoms with E-state index >= 15 is 0 Å². The molecule has 26 heavy (non-hydrogen) atoms. The number of aromatic nitrogens is 2. The molecule has 0 radical (unpaired) electrons. The number of carbonyl (C=O) groups excluding carboxylic acids is 1. The number of rotatable bonds is 4. The largest absolute Gasteiger partial charge is 0.420 e. The Hall–Kier alpha value is -3.41. The highest BCUT2D eigenvalue weighted by atomic mass is 16.4. The normalized spacial score (nSPS) is 11.1. The van der Waals surface area contributed by atoms with Crippen molar-refractivity contribution in [1.29, 1.82) is 0 Å². The molecule has 0 aliphatic heterocycles. The lowest BCUT2D eigenvalue weighted by molar-refractivity contribution is 0.0953. The van der Waals surface area contributed by atoms with E-state index in [4.69, 9.17) is 4.42 Å². The molecule has 1 N–H and O–H groups in total. The maximum Gasteiger partial charge on any atom is 0.420 e. The topological polar surface area (TPSA) is 77.1 Å². The van der Waals surface area contributed by atoms with Crippen LogP contribution in [0.1, 0.15) is 15.9 Å². The summed E-state index contributed by atoms with van der Waals surface area (Å²) in [4.78, 5) is 28.9. The highest BCUT2D eigenvalue weighted by molar-refractivity contribution is 6.05. The Morgan fingerprint density at radius 2 is 2.04 bits per heavy atom. The number of amides is 1. The molecule has 0 saturated carbocycles. The fourth-order valence-corrected chi connectivity index (χ4v) is 3.05. The van der Waals surface area contributed by atoms with Gasteiger partial charge in [0.05, 0.1) is 16.6 Å². The third-order valence-electron chi connectivity index (χ3n) is 4.32. The Bertz CT molecular complexity index is 1170. The van der Waals surface area contributed by atoms with Gasteiger partial charge in [0.15, 0.2) is 5.58 Å². The van der Waals surface area contributed by atoms with Crippen molar-refractivity contribution in [1.82, 2.24) is 14.9 Å². The molecule has 0 bridgehead atoms. The first-order chi connectivity index (χ1) is 12.6. The summed E-state index contributed by atoms with van der Waals surface area (Å²) < 4.78 is 6.79. The summed E-state index contributed by atoms with van der Waals surface area (Å²) in [7, 11) is 0. The first kappa shape index (κ1) is 16.1. The van der Waals surface area contributed by atoms with Crippen molar-refractivity contribution >= 4 is 27.9 Å². The lowest BCUT2D eigenvalue weighted by atomic mass is 10.1. The Kier molecular flexibility index (Phi) is 4.01. The number of nitrogens with zero attached hydrogens (tertiary/aromatic N) is 2. The molecule has 0 aliphatic carbocycles. The van der Waals surface area contributed by atoms with Crippen LogP contribution >= 0.6 is 0 Å². The van der Waals surface area contributed by atoms with E-state index in [-0.39, 0.29) is 5.91 Å². The summed E-state index contributed by atoms with van der Waals surface area (Å²) in [6.45, 7) is 2.58. The highest BCUT2D eigenvalue weighted by Gasteiger charge is 2.12. The number of hydrogen-bond donors (Lipinski definition) is 1.